The molecule has 11 heteroatoms. The monoisotopic (exact) mass is 543 g/mol. The zero-order chi connectivity index (χ0) is 23.0. The number of hydrogen-bond donors (Lipinski definition) is 3. The summed E-state index contributed by atoms with van der Waals surface area (Å²) in [6.07, 6.45) is 0.121. The molecule has 1 saturated heterocycles. The highest BCUT2D eigenvalue weighted by Crippen LogP contribution is 2.32. The Morgan fingerprint density at radius 1 is 1.16 bits per heavy atom. The summed E-state index contributed by atoms with van der Waals surface area (Å²) in [5.74, 6) is -0.0222. The van der Waals surface area contributed by atoms with Crippen LogP contribution in [-0.4, -0.2) is 58.2 Å². The quantitative estimate of drug-likeness (QED) is 0.463. The molecule has 2 aromatic carbocycles. The first-order chi connectivity index (χ1) is 15.2. The van der Waals surface area contributed by atoms with E-state index in [0.29, 0.717) is 40.0 Å². The highest BCUT2D eigenvalue weighted by molar-refractivity contribution is 9.10. The fourth-order valence-corrected chi connectivity index (χ4v) is 5.82. The number of benzene rings is 2. The zero-order valence-corrected chi connectivity index (χ0v) is 19.8. The van der Waals surface area contributed by atoms with Crippen LogP contribution in [0.4, 0.5) is 4.39 Å². The molecule has 170 valence electrons. The molecule has 0 unspecified atom stereocenters. The molecule has 0 bridgehead atoms. The van der Waals surface area contributed by atoms with Gasteiger partial charge in [-0.2, -0.15) is 4.31 Å². The lowest BCUT2D eigenvalue weighted by molar-refractivity contribution is 0.0165. The molecule has 2 heterocycles. The number of sulfonamides is 1. The normalized spacial score (nSPS) is 20.3. The third-order valence-corrected chi connectivity index (χ3v) is 8.36. The molecule has 32 heavy (non-hydrogen) atoms. The van der Waals surface area contributed by atoms with Gasteiger partial charge < -0.3 is 15.2 Å². The van der Waals surface area contributed by atoms with Gasteiger partial charge in [0.05, 0.1) is 33.6 Å². The number of halogens is 3. The Hall–Kier alpha value is -1.82. The first kappa shape index (κ1) is 23.3. The molecule has 1 aliphatic heterocycles. The van der Waals surface area contributed by atoms with Crippen molar-refractivity contribution in [1.29, 1.82) is 0 Å². The van der Waals surface area contributed by atoms with Crippen molar-refractivity contribution in [2.75, 3.05) is 13.1 Å². The van der Waals surface area contributed by atoms with Crippen molar-refractivity contribution in [3.05, 3.63) is 57.9 Å². The van der Waals surface area contributed by atoms with Crippen LogP contribution in [0.3, 0.4) is 0 Å². The second-order valence-corrected chi connectivity index (χ2v) is 10.7. The van der Waals surface area contributed by atoms with E-state index in [4.69, 9.17) is 11.6 Å². The number of aliphatic hydroxyl groups excluding tert-OH is 2. The molecule has 1 aliphatic rings. The molecule has 2 atom stereocenters. The summed E-state index contributed by atoms with van der Waals surface area (Å²) in [6, 6.07) is 9.18. The zero-order valence-electron chi connectivity index (χ0n) is 16.7. The van der Waals surface area contributed by atoms with Crippen LogP contribution < -0.4 is 0 Å². The molecule has 0 aliphatic carbocycles. The van der Waals surface area contributed by atoms with Gasteiger partial charge in [-0.05, 0) is 59.1 Å². The molecule has 0 saturated carbocycles. The lowest BCUT2D eigenvalue weighted by Gasteiger charge is -2.23. The molecule has 0 amide bonds. The van der Waals surface area contributed by atoms with Gasteiger partial charge in [0.25, 0.3) is 0 Å². The summed E-state index contributed by atoms with van der Waals surface area (Å²) in [4.78, 5) is 7.26. The summed E-state index contributed by atoms with van der Waals surface area (Å²) in [6.45, 7) is -0.0544. The molecule has 3 N–H and O–H groups in total. The molecule has 0 radical (unpaired) electrons. The Morgan fingerprint density at radius 2 is 1.91 bits per heavy atom. The average Bonchev–Trinajstić information content (AvgIpc) is 3.18. The topological polar surface area (TPSA) is 107 Å². The second-order valence-electron chi connectivity index (χ2n) is 7.56. The van der Waals surface area contributed by atoms with E-state index >= 15 is 0 Å². The fraction of sp³-hybridized carbons (Fsp3) is 0.286. The predicted molar refractivity (Wildman–Crippen MR) is 122 cm³/mol. The number of H-pyrrole nitrogens is 1. The highest BCUT2D eigenvalue weighted by atomic mass is 79.9. The third kappa shape index (κ3) is 4.61. The van der Waals surface area contributed by atoms with Crippen molar-refractivity contribution in [3.63, 3.8) is 0 Å². The summed E-state index contributed by atoms with van der Waals surface area (Å²) in [5.41, 5.74) is 1.63. The van der Waals surface area contributed by atoms with Crippen LogP contribution in [0.1, 0.15) is 12.8 Å². The van der Waals surface area contributed by atoms with Gasteiger partial charge in [0.2, 0.25) is 10.0 Å². The van der Waals surface area contributed by atoms with Crippen LogP contribution in [0, 0.1) is 5.82 Å². The van der Waals surface area contributed by atoms with Crippen molar-refractivity contribution < 1.29 is 23.0 Å². The minimum Gasteiger partial charge on any atom is -0.390 e. The fourth-order valence-electron chi connectivity index (χ4n) is 3.57. The summed E-state index contributed by atoms with van der Waals surface area (Å²) >= 11 is 9.35. The predicted octanol–water partition coefficient (Wildman–Crippen LogP) is 3.81. The van der Waals surface area contributed by atoms with Gasteiger partial charge >= 0.3 is 0 Å². The maximum atomic E-state index is 13.9. The number of aliphatic hydroxyl groups is 2. The number of nitrogens with zero attached hydrogens (tertiary/aromatic N) is 2. The number of imidazole rings is 1. The Kier molecular flexibility index (Phi) is 6.71. The number of nitrogens with one attached hydrogen (secondary N) is 1. The van der Waals surface area contributed by atoms with Crippen molar-refractivity contribution >= 4 is 37.6 Å². The highest BCUT2D eigenvalue weighted by Gasteiger charge is 2.33. The third-order valence-electron chi connectivity index (χ3n) is 5.37. The van der Waals surface area contributed by atoms with Gasteiger partial charge in [-0.3, -0.25) is 0 Å². The standard InChI is InChI=1S/C21H20BrClFN3O4S/c22-14-5-3-12(8-16(14)24)17-10-25-21(26-17)13-4-6-15(23)20(9-13)32(30,31)27-7-1-2-18(28)19(29)11-27/h3-6,8-10,18-19,28-29H,1-2,7,11H2,(H,25,26)/t18-,19-/m1/s1. The maximum Gasteiger partial charge on any atom is 0.244 e. The molecule has 0 spiro atoms. The van der Waals surface area contributed by atoms with E-state index in [1.807, 2.05) is 0 Å². The Labute approximate surface area is 198 Å². The Morgan fingerprint density at radius 3 is 2.66 bits per heavy atom. The number of aromatic nitrogens is 2. The molecule has 1 fully saturated rings. The first-order valence-corrected chi connectivity index (χ1v) is 12.4. The van der Waals surface area contributed by atoms with Gasteiger partial charge in [0.15, 0.2) is 0 Å². The molecular formula is C21H20BrClFN3O4S. The summed E-state index contributed by atoms with van der Waals surface area (Å²) in [7, 11) is -4.02. The van der Waals surface area contributed by atoms with E-state index in [1.54, 1.807) is 18.2 Å². The maximum absolute atomic E-state index is 13.9. The van der Waals surface area contributed by atoms with E-state index in [9.17, 15) is 23.0 Å². The van der Waals surface area contributed by atoms with Crippen LogP contribution in [0.5, 0.6) is 0 Å². The van der Waals surface area contributed by atoms with Crippen LogP contribution in [0.15, 0.2) is 52.0 Å². The molecular weight excluding hydrogens is 525 g/mol. The van der Waals surface area contributed by atoms with E-state index in [-0.39, 0.29) is 23.0 Å². The van der Waals surface area contributed by atoms with Gasteiger partial charge in [-0.25, -0.2) is 17.8 Å². The van der Waals surface area contributed by atoms with Crippen LogP contribution >= 0.6 is 27.5 Å². The molecule has 1 aromatic heterocycles. The summed E-state index contributed by atoms with van der Waals surface area (Å²) in [5, 5.41) is 19.9. The smallest absolute Gasteiger partial charge is 0.244 e. The van der Waals surface area contributed by atoms with Crippen molar-refractivity contribution in [1.82, 2.24) is 14.3 Å². The Bertz CT molecular complexity index is 1250. The van der Waals surface area contributed by atoms with E-state index < -0.39 is 28.0 Å². The molecule has 4 rings (SSSR count). The number of β-amino-alcohol motifs (C(OH)–C–C–N with tert-alkyl or cyclic N) is 1. The van der Waals surface area contributed by atoms with E-state index in [2.05, 4.69) is 25.9 Å². The lowest BCUT2D eigenvalue weighted by Crippen LogP contribution is -2.39. The second kappa shape index (κ2) is 9.20. The molecule has 3 aromatic rings. The lowest BCUT2D eigenvalue weighted by atomic mass is 10.1. The number of hydrogen-bond acceptors (Lipinski definition) is 5. The van der Waals surface area contributed by atoms with Gasteiger partial charge in [-0.15, -0.1) is 0 Å². The average molecular weight is 545 g/mol. The van der Waals surface area contributed by atoms with E-state index in [0.717, 1.165) is 4.31 Å². The summed E-state index contributed by atoms with van der Waals surface area (Å²) < 4.78 is 41.9. The van der Waals surface area contributed by atoms with Crippen molar-refractivity contribution in [3.8, 4) is 22.6 Å². The van der Waals surface area contributed by atoms with E-state index in [1.165, 1.54) is 24.4 Å². The SMILES string of the molecule is O=S(=O)(c1cc(-c2ncc(-c3ccc(Br)c(F)c3)[nH]2)ccc1Cl)N1CCC[C@@H](O)[C@H](O)C1. The minimum absolute atomic E-state index is 0.0368. The molecule has 7 nitrogen and oxygen atoms in total. The van der Waals surface area contributed by atoms with Crippen LogP contribution in [-0.2, 0) is 10.0 Å². The van der Waals surface area contributed by atoms with Crippen molar-refractivity contribution in [2.45, 2.75) is 29.9 Å². The van der Waals surface area contributed by atoms with Crippen molar-refractivity contribution in [2.24, 2.45) is 0 Å². The van der Waals surface area contributed by atoms with Gasteiger partial charge in [0, 0.05) is 24.2 Å². The van der Waals surface area contributed by atoms with Crippen LogP contribution in [0.25, 0.3) is 22.6 Å². The van der Waals surface area contributed by atoms with Gasteiger partial charge in [-0.1, -0.05) is 17.7 Å². The number of rotatable bonds is 4. The number of aromatic amines is 1. The largest absolute Gasteiger partial charge is 0.390 e. The minimum atomic E-state index is -4.02. The van der Waals surface area contributed by atoms with Gasteiger partial charge in [0.1, 0.15) is 16.5 Å². The first-order valence-electron chi connectivity index (χ1n) is 9.83. The van der Waals surface area contributed by atoms with Crippen LogP contribution in [0.2, 0.25) is 5.02 Å². The Balaban J connectivity index is 1.67.